The van der Waals surface area contributed by atoms with Crippen molar-refractivity contribution >= 4 is 23.8 Å². The molecule has 0 bridgehead atoms. The molecular formula is C28H33NO8. The van der Waals surface area contributed by atoms with E-state index in [1.54, 1.807) is 24.3 Å². The fraction of sp³-hybridized carbons (Fsp3) is 0.429. The van der Waals surface area contributed by atoms with E-state index in [1.807, 2.05) is 43.3 Å². The van der Waals surface area contributed by atoms with Gasteiger partial charge in [0.05, 0.1) is 29.8 Å². The van der Waals surface area contributed by atoms with Gasteiger partial charge in [-0.3, -0.25) is 19.2 Å². The maximum Gasteiger partial charge on any atom is 0.308 e. The minimum Gasteiger partial charge on any atom is -0.481 e. The smallest absolute Gasteiger partial charge is 0.308 e. The topological polar surface area (TPSA) is 152 Å². The van der Waals surface area contributed by atoms with E-state index < -0.39 is 53.6 Å². The number of hydrogen-bond acceptors (Lipinski definition) is 5. The Morgan fingerprint density at radius 3 is 1.70 bits per heavy atom. The van der Waals surface area contributed by atoms with Crippen LogP contribution in [0.1, 0.15) is 30.9 Å². The molecule has 9 nitrogen and oxygen atoms in total. The lowest BCUT2D eigenvalue weighted by Crippen LogP contribution is -2.62. The van der Waals surface area contributed by atoms with Crippen molar-refractivity contribution in [3.63, 3.8) is 0 Å². The molecule has 0 aromatic heterocycles. The predicted molar refractivity (Wildman–Crippen MR) is 133 cm³/mol. The number of carbonyl (C=O) groups excluding carboxylic acids is 1. The molecule has 1 amide bonds. The second kappa shape index (κ2) is 12.5. The number of nitrogens with zero attached hydrogens (tertiary/aromatic N) is 1. The Labute approximate surface area is 215 Å². The van der Waals surface area contributed by atoms with Gasteiger partial charge in [-0.15, -0.1) is 0 Å². The molecule has 4 N–H and O–H groups in total. The molecule has 198 valence electrons. The third-order valence-corrected chi connectivity index (χ3v) is 7.20. The van der Waals surface area contributed by atoms with Gasteiger partial charge in [0.2, 0.25) is 5.91 Å². The zero-order valence-corrected chi connectivity index (χ0v) is 20.6. The van der Waals surface area contributed by atoms with E-state index in [4.69, 9.17) is 0 Å². The van der Waals surface area contributed by atoms with E-state index in [-0.39, 0.29) is 19.0 Å². The Morgan fingerprint density at radius 1 is 0.757 bits per heavy atom. The molecule has 2 aromatic rings. The van der Waals surface area contributed by atoms with E-state index in [0.29, 0.717) is 19.3 Å². The fourth-order valence-corrected chi connectivity index (χ4v) is 5.16. The number of rotatable bonds is 13. The summed E-state index contributed by atoms with van der Waals surface area (Å²) in [7, 11) is 0. The summed E-state index contributed by atoms with van der Waals surface area (Å²) in [6.07, 6.45) is 0.851. The van der Waals surface area contributed by atoms with Gasteiger partial charge >= 0.3 is 17.9 Å². The third-order valence-electron chi connectivity index (χ3n) is 7.20. The van der Waals surface area contributed by atoms with Crippen molar-refractivity contribution in [1.29, 1.82) is 0 Å². The lowest BCUT2D eigenvalue weighted by Gasteiger charge is -2.45. The van der Waals surface area contributed by atoms with Gasteiger partial charge in [0.1, 0.15) is 0 Å². The van der Waals surface area contributed by atoms with Crippen LogP contribution < -0.4 is 0 Å². The van der Waals surface area contributed by atoms with Crippen LogP contribution in [0.2, 0.25) is 0 Å². The maximum absolute atomic E-state index is 13.5. The Morgan fingerprint density at radius 2 is 1.22 bits per heavy atom. The molecule has 4 atom stereocenters. The van der Waals surface area contributed by atoms with E-state index in [0.717, 1.165) is 11.1 Å². The van der Waals surface area contributed by atoms with Gasteiger partial charge in [-0.1, -0.05) is 67.6 Å². The number of benzene rings is 2. The van der Waals surface area contributed by atoms with Gasteiger partial charge in [-0.2, -0.15) is 0 Å². The Balaban J connectivity index is 1.73. The molecule has 0 spiro atoms. The lowest BCUT2D eigenvalue weighted by atomic mass is 9.56. The third kappa shape index (κ3) is 6.74. The highest BCUT2D eigenvalue weighted by molar-refractivity contribution is 5.98. The molecule has 37 heavy (non-hydrogen) atoms. The Bertz CT molecular complexity index is 1070. The summed E-state index contributed by atoms with van der Waals surface area (Å²) in [5.41, 5.74) is 1.87. The summed E-state index contributed by atoms with van der Waals surface area (Å²) in [5.74, 6) is -11.7. The number of aliphatic hydroxyl groups excluding tert-OH is 1. The summed E-state index contributed by atoms with van der Waals surface area (Å²) in [6.45, 7) is 2.22. The van der Waals surface area contributed by atoms with Crippen molar-refractivity contribution in [2.45, 2.75) is 38.8 Å². The number of aliphatic hydroxyl groups is 1. The minimum atomic E-state index is -1.68. The first kappa shape index (κ1) is 27.9. The van der Waals surface area contributed by atoms with Crippen LogP contribution in [0.15, 0.2) is 60.7 Å². The molecule has 0 unspecified atom stereocenters. The average Bonchev–Trinajstić information content (AvgIpc) is 2.83. The van der Waals surface area contributed by atoms with Crippen LogP contribution in [0.5, 0.6) is 0 Å². The molecule has 1 aliphatic carbocycles. The van der Waals surface area contributed by atoms with Gasteiger partial charge in [0.25, 0.3) is 0 Å². The summed E-state index contributed by atoms with van der Waals surface area (Å²) in [5, 5.41) is 39.3. The van der Waals surface area contributed by atoms with Crippen molar-refractivity contribution < 1.29 is 39.6 Å². The van der Waals surface area contributed by atoms with E-state index in [2.05, 4.69) is 0 Å². The molecule has 0 aliphatic heterocycles. The summed E-state index contributed by atoms with van der Waals surface area (Å²) in [4.78, 5) is 50.2. The fourth-order valence-electron chi connectivity index (χ4n) is 5.16. The maximum atomic E-state index is 13.5. The lowest BCUT2D eigenvalue weighted by molar-refractivity contribution is -0.189. The molecule has 1 saturated carbocycles. The second-order valence-electron chi connectivity index (χ2n) is 9.74. The standard InChI is InChI=1S/C28H33NO8/c1-17(15-18-9-4-2-5-10-18)20(30)13-8-14-29(16-19-11-6-3-7-12-19)25(31)21-22(26(32)33)24(28(36)37)23(21)27(34)35/h2-7,9-12,17,20-24,30H,8,13-16H2,1H3,(H,32,33)(H,34,35)(H,36,37)/t17-,20-,21-,22+,23+,24-/m0/s1. The van der Waals surface area contributed by atoms with Crippen LogP contribution in [-0.4, -0.2) is 61.8 Å². The first-order chi connectivity index (χ1) is 17.6. The second-order valence-corrected chi connectivity index (χ2v) is 9.74. The number of aliphatic carboxylic acids is 3. The molecule has 0 saturated heterocycles. The molecule has 1 aliphatic rings. The Hall–Kier alpha value is -3.72. The number of hydrogen-bond donors (Lipinski definition) is 4. The number of amides is 1. The first-order valence-electron chi connectivity index (χ1n) is 12.3. The molecule has 1 fully saturated rings. The van der Waals surface area contributed by atoms with Crippen LogP contribution in [0.4, 0.5) is 0 Å². The van der Waals surface area contributed by atoms with Gasteiger partial charge in [-0.05, 0) is 36.3 Å². The zero-order valence-electron chi connectivity index (χ0n) is 20.6. The summed E-state index contributed by atoms with van der Waals surface area (Å²) in [6, 6.07) is 18.8. The largest absolute Gasteiger partial charge is 0.481 e. The van der Waals surface area contributed by atoms with Crippen LogP contribution in [0, 0.1) is 29.6 Å². The average molecular weight is 512 g/mol. The van der Waals surface area contributed by atoms with Crippen LogP contribution in [0.3, 0.4) is 0 Å². The quantitative estimate of drug-likeness (QED) is 0.320. The number of carboxylic acid groups (broad SMARTS) is 3. The molecule has 3 rings (SSSR count). The minimum absolute atomic E-state index is 0.0311. The van der Waals surface area contributed by atoms with E-state index in [1.165, 1.54) is 4.90 Å². The van der Waals surface area contributed by atoms with Crippen LogP contribution in [0.25, 0.3) is 0 Å². The van der Waals surface area contributed by atoms with Gasteiger partial charge in [0, 0.05) is 13.1 Å². The van der Waals surface area contributed by atoms with Crippen molar-refractivity contribution in [3.8, 4) is 0 Å². The number of carbonyl (C=O) groups is 4. The van der Waals surface area contributed by atoms with Crippen molar-refractivity contribution in [1.82, 2.24) is 4.90 Å². The highest BCUT2D eigenvalue weighted by atomic mass is 16.4. The molecule has 0 heterocycles. The number of carboxylic acids is 3. The van der Waals surface area contributed by atoms with Crippen molar-refractivity contribution in [2.75, 3.05) is 6.54 Å². The van der Waals surface area contributed by atoms with Crippen molar-refractivity contribution in [2.24, 2.45) is 29.6 Å². The van der Waals surface area contributed by atoms with Crippen LogP contribution >= 0.6 is 0 Å². The van der Waals surface area contributed by atoms with E-state index in [9.17, 15) is 39.6 Å². The molecule has 0 radical (unpaired) electrons. The SMILES string of the molecule is C[C@@H](Cc1ccccc1)[C@@H](O)CCCN(Cc1ccccc1)C(=O)[C@H]1[C@@H](C(=O)O)[C@H](C(=O)O)[C@@H]1C(=O)O. The molecule has 2 aromatic carbocycles. The zero-order chi connectivity index (χ0) is 27.1. The van der Waals surface area contributed by atoms with Gasteiger partial charge in [0.15, 0.2) is 0 Å². The Kier molecular flexibility index (Phi) is 9.41. The van der Waals surface area contributed by atoms with Gasteiger partial charge < -0.3 is 25.3 Å². The summed E-state index contributed by atoms with van der Waals surface area (Å²) < 4.78 is 0. The monoisotopic (exact) mass is 511 g/mol. The van der Waals surface area contributed by atoms with Crippen LogP contribution in [-0.2, 0) is 32.1 Å². The van der Waals surface area contributed by atoms with Gasteiger partial charge in [-0.25, -0.2) is 0 Å². The van der Waals surface area contributed by atoms with Crippen molar-refractivity contribution in [3.05, 3.63) is 71.8 Å². The molecule has 9 heteroatoms. The highest BCUT2D eigenvalue weighted by Gasteiger charge is 2.64. The highest BCUT2D eigenvalue weighted by Crippen LogP contribution is 2.48. The first-order valence-corrected chi connectivity index (χ1v) is 12.3. The molecular weight excluding hydrogens is 478 g/mol. The van der Waals surface area contributed by atoms with E-state index >= 15 is 0 Å². The predicted octanol–water partition coefficient (Wildman–Crippen LogP) is 2.77. The summed E-state index contributed by atoms with van der Waals surface area (Å²) >= 11 is 0. The normalized spacial score (nSPS) is 22.3.